The Kier molecular flexibility index (Phi) is 2.99. The van der Waals surface area contributed by atoms with Crippen molar-refractivity contribution >= 4 is 5.82 Å². The second-order valence-corrected chi connectivity index (χ2v) is 2.90. The van der Waals surface area contributed by atoms with Crippen LogP contribution < -0.4 is 11.1 Å². The Hall–Kier alpha value is -1.16. The lowest BCUT2D eigenvalue weighted by Crippen LogP contribution is -2.11. The number of anilines is 1. The number of nitrogens with two attached hydrogens (primary N) is 1. The quantitative estimate of drug-likeness (QED) is 0.695. The molecule has 0 aliphatic carbocycles. The highest BCUT2D eigenvalue weighted by Gasteiger charge is 1.96. The zero-order valence-corrected chi connectivity index (χ0v) is 7.41. The van der Waals surface area contributed by atoms with Gasteiger partial charge in [-0.25, -0.2) is 4.98 Å². The third-order valence-electron chi connectivity index (χ3n) is 1.35. The van der Waals surface area contributed by atoms with Crippen molar-refractivity contribution in [2.45, 2.75) is 26.4 Å². The van der Waals surface area contributed by atoms with Crippen LogP contribution in [0.15, 0.2) is 12.4 Å². The molecule has 0 radical (unpaired) electrons. The molecule has 0 saturated carbocycles. The van der Waals surface area contributed by atoms with Gasteiger partial charge in [0.25, 0.3) is 0 Å². The summed E-state index contributed by atoms with van der Waals surface area (Å²) in [5.74, 6) is 0.794. The van der Waals surface area contributed by atoms with Crippen molar-refractivity contribution in [2.24, 2.45) is 5.73 Å². The Bertz CT molecular complexity index is 229. The minimum atomic E-state index is 0.378. The predicted octanol–water partition coefficient (Wildman–Crippen LogP) is 0.756. The number of rotatable bonds is 3. The molecule has 1 heterocycles. The van der Waals surface area contributed by atoms with E-state index in [0.29, 0.717) is 12.6 Å². The fourth-order valence-electron chi connectivity index (χ4n) is 0.830. The van der Waals surface area contributed by atoms with Crippen LogP contribution >= 0.6 is 0 Å². The van der Waals surface area contributed by atoms with Gasteiger partial charge < -0.3 is 11.1 Å². The van der Waals surface area contributed by atoms with Crippen LogP contribution in [-0.4, -0.2) is 16.0 Å². The van der Waals surface area contributed by atoms with Crippen LogP contribution in [0.25, 0.3) is 0 Å². The third kappa shape index (κ3) is 2.47. The van der Waals surface area contributed by atoms with Crippen molar-refractivity contribution in [1.29, 1.82) is 0 Å². The maximum absolute atomic E-state index is 5.38. The second-order valence-electron chi connectivity index (χ2n) is 2.90. The zero-order chi connectivity index (χ0) is 8.97. The van der Waals surface area contributed by atoms with Gasteiger partial charge >= 0.3 is 0 Å². The Morgan fingerprint density at radius 2 is 2.17 bits per heavy atom. The van der Waals surface area contributed by atoms with Crippen molar-refractivity contribution in [3.8, 4) is 0 Å². The molecule has 66 valence electrons. The van der Waals surface area contributed by atoms with E-state index in [1.165, 1.54) is 0 Å². The highest BCUT2D eigenvalue weighted by molar-refractivity contribution is 5.31. The topological polar surface area (TPSA) is 63.8 Å². The molecule has 0 aliphatic rings. The number of hydrogen-bond donors (Lipinski definition) is 2. The van der Waals surface area contributed by atoms with Crippen molar-refractivity contribution in [1.82, 2.24) is 9.97 Å². The van der Waals surface area contributed by atoms with Gasteiger partial charge in [0.05, 0.1) is 18.1 Å². The van der Waals surface area contributed by atoms with Gasteiger partial charge in [0.2, 0.25) is 0 Å². The maximum atomic E-state index is 5.38. The van der Waals surface area contributed by atoms with Crippen molar-refractivity contribution < 1.29 is 0 Å². The van der Waals surface area contributed by atoms with E-state index in [2.05, 4.69) is 29.1 Å². The summed E-state index contributed by atoms with van der Waals surface area (Å²) < 4.78 is 0. The lowest BCUT2D eigenvalue weighted by Gasteiger charge is -2.07. The van der Waals surface area contributed by atoms with Crippen molar-refractivity contribution in [3.63, 3.8) is 0 Å². The van der Waals surface area contributed by atoms with E-state index in [-0.39, 0.29) is 0 Å². The average Bonchev–Trinajstić information content (AvgIpc) is 2.05. The molecule has 0 saturated heterocycles. The standard InChI is InChI=1S/C8H14N4/c1-6(2)12-8-5-10-7(3-9)4-11-8/h4-6H,3,9H2,1-2H3,(H,11,12). The molecule has 0 bridgehead atoms. The van der Waals surface area contributed by atoms with E-state index in [1.54, 1.807) is 12.4 Å². The van der Waals surface area contributed by atoms with E-state index in [4.69, 9.17) is 5.73 Å². The van der Waals surface area contributed by atoms with Crippen LogP contribution in [0, 0.1) is 0 Å². The molecule has 0 amide bonds. The molecule has 1 aromatic rings. The van der Waals surface area contributed by atoms with Gasteiger partial charge in [-0.1, -0.05) is 0 Å². The highest BCUT2D eigenvalue weighted by Crippen LogP contribution is 2.01. The Morgan fingerprint density at radius 3 is 2.58 bits per heavy atom. The molecule has 0 aliphatic heterocycles. The van der Waals surface area contributed by atoms with Gasteiger partial charge in [-0.2, -0.15) is 0 Å². The van der Waals surface area contributed by atoms with Crippen LogP contribution in [0.3, 0.4) is 0 Å². The number of nitrogens with one attached hydrogen (secondary N) is 1. The fraction of sp³-hybridized carbons (Fsp3) is 0.500. The minimum Gasteiger partial charge on any atom is -0.367 e. The van der Waals surface area contributed by atoms with E-state index < -0.39 is 0 Å². The lowest BCUT2D eigenvalue weighted by molar-refractivity contribution is 0.877. The van der Waals surface area contributed by atoms with Crippen molar-refractivity contribution in [2.75, 3.05) is 5.32 Å². The molecule has 0 spiro atoms. The Balaban J connectivity index is 2.65. The summed E-state index contributed by atoms with van der Waals surface area (Å²) in [5, 5.41) is 3.14. The molecule has 4 heteroatoms. The van der Waals surface area contributed by atoms with Crippen LogP contribution in [0.1, 0.15) is 19.5 Å². The molecule has 0 unspecified atom stereocenters. The molecule has 0 aromatic carbocycles. The average molecular weight is 166 g/mol. The molecule has 1 rings (SSSR count). The zero-order valence-electron chi connectivity index (χ0n) is 7.41. The maximum Gasteiger partial charge on any atom is 0.144 e. The fourth-order valence-corrected chi connectivity index (χ4v) is 0.830. The van der Waals surface area contributed by atoms with E-state index >= 15 is 0 Å². The lowest BCUT2D eigenvalue weighted by atomic mass is 10.4. The van der Waals surface area contributed by atoms with E-state index in [9.17, 15) is 0 Å². The monoisotopic (exact) mass is 166 g/mol. The van der Waals surface area contributed by atoms with Gasteiger partial charge in [-0.3, -0.25) is 4.98 Å². The summed E-state index contributed by atoms with van der Waals surface area (Å²) in [7, 11) is 0. The van der Waals surface area contributed by atoms with Crippen molar-refractivity contribution in [3.05, 3.63) is 18.1 Å². The van der Waals surface area contributed by atoms with Gasteiger partial charge in [0.15, 0.2) is 0 Å². The summed E-state index contributed by atoms with van der Waals surface area (Å²) >= 11 is 0. The minimum absolute atomic E-state index is 0.378. The number of aromatic nitrogens is 2. The SMILES string of the molecule is CC(C)Nc1cnc(CN)cn1. The van der Waals surface area contributed by atoms with Crippen LogP contribution in [0.5, 0.6) is 0 Å². The third-order valence-corrected chi connectivity index (χ3v) is 1.35. The van der Waals surface area contributed by atoms with E-state index in [1.807, 2.05) is 0 Å². The molecular formula is C8H14N4. The number of hydrogen-bond acceptors (Lipinski definition) is 4. The van der Waals surface area contributed by atoms with E-state index in [0.717, 1.165) is 11.5 Å². The van der Waals surface area contributed by atoms with Crippen LogP contribution in [0.2, 0.25) is 0 Å². The summed E-state index contributed by atoms with van der Waals surface area (Å²) in [6.07, 6.45) is 3.38. The van der Waals surface area contributed by atoms with Crippen LogP contribution in [0.4, 0.5) is 5.82 Å². The molecular weight excluding hydrogens is 152 g/mol. The largest absolute Gasteiger partial charge is 0.367 e. The molecule has 0 atom stereocenters. The highest BCUT2D eigenvalue weighted by atomic mass is 15.0. The van der Waals surface area contributed by atoms with Crippen LogP contribution in [-0.2, 0) is 6.54 Å². The van der Waals surface area contributed by atoms with Gasteiger partial charge in [-0.05, 0) is 13.8 Å². The second kappa shape index (κ2) is 4.01. The van der Waals surface area contributed by atoms with Gasteiger partial charge in [-0.15, -0.1) is 0 Å². The summed E-state index contributed by atoms with van der Waals surface area (Å²) in [6, 6.07) is 0.378. The molecule has 12 heavy (non-hydrogen) atoms. The summed E-state index contributed by atoms with van der Waals surface area (Å²) in [5.41, 5.74) is 6.19. The Morgan fingerprint density at radius 1 is 1.42 bits per heavy atom. The normalized spacial score (nSPS) is 10.3. The first-order chi connectivity index (χ1) is 5.72. The first kappa shape index (κ1) is 8.93. The van der Waals surface area contributed by atoms with Gasteiger partial charge in [0.1, 0.15) is 5.82 Å². The smallest absolute Gasteiger partial charge is 0.144 e. The molecule has 0 fully saturated rings. The first-order valence-corrected chi connectivity index (χ1v) is 4.00. The molecule has 4 nitrogen and oxygen atoms in total. The molecule has 3 N–H and O–H groups in total. The summed E-state index contributed by atoms with van der Waals surface area (Å²) in [4.78, 5) is 8.24. The number of nitrogens with zero attached hydrogens (tertiary/aromatic N) is 2. The Labute approximate surface area is 72.2 Å². The summed E-state index contributed by atoms with van der Waals surface area (Å²) in [6.45, 7) is 4.55. The van der Waals surface area contributed by atoms with Gasteiger partial charge in [0, 0.05) is 12.6 Å². The molecule has 1 aromatic heterocycles. The predicted molar refractivity (Wildman–Crippen MR) is 48.7 cm³/mol. The first-order valence-electron chi connectivity index (χ1n) is 4.00.